The van der Waals surface area contributed by atoms with Crippen molar-refractivity contribution in [1.29, 1.82) is 0 Å². The van der Waals surface area contributed by atoms with Crippen LogP contribution in [0.5, 0.6) is 0 Å². The SMILES string of the molecule is C#CCCC1(CCNC(=O)C2CC(=O)N(c3cn[nH]c3)C2)N=N1. The molecular formula is C15H18N6O2. The second-order valence-corrected chi connectivity index (χ2v) is 5.79. The maximum atomic E-state index is 12.2. The fraction of sp³-hybridized carbons (Fsp3) is 0.533. The van der Waals surface area contributed by atoms with E-state index in [1.807, 2.05) is 0 Å². The lowest BCUT2D eigenvalue weighted by Crippen LogP contribution is -2.35. The third-order valence-corrected chi connectivity index (χ3v) is 4.17. The first kappa shape index (κ1) is 15.2. The molecule has 2 aliphatic rings. The molecule has 1 unspecified atom stereocenters. The van der Waals surface area contributed by atoms with Crippen molar-refractivity contribution in [3.05, 3.63) is 12.4 Å². The number of hydrogen-bond donors (Lipinski definition) is 2. The van der Waals surface area contributed by atoms with Crippen LogP contribution in [0.1, 0.15) is 25.7 Å². The molecule has 0 radical (unpaired) electrons. The van der Waals surface area contributed by atoms with E-state index >= 15 is 0 Å². The Labute approximate surface area is 133 Å². The molecule has 0 aliphatic carbocycles. The molecule has 1 atom stereocenters. The maximum Gasteiger partial charge on any atom is 0.227 e. The number of aromatic nitrogens is 2. The molecule has 0 aromatic carbocycles. The van der Waals surface area contributed by atoms with E-state index in [4.69, 9.17) is 6.42 Å². The molecule has 1 aromatic heterocycles. The number of amides is 2. The van der Waals surface area contributed by atoms with Crippen molar-refractivity contribution in [2.24, 2.45) is 16.1 Å². The van der Waals surface area contributed by atoms with Crippen LogP contribution in [0, 0.1) is 18.3 Å². The number of carbonyl (C=O) groups excluding carboxylic acids is 2. The van der Waals surface area contributed by atoms with Gasteiger partial charge in [0.05, 0.1) is 17.8 Å². The number of carbonyl (C=O) groups is 2. The van der Waals surface area contributed by atoms with E-state index < -0.39 is 5.66 Å². The summed E-state index contributed by atoms with van der Waals surface area (Å²) in [7, 11) is 0. The lowest BCUT2D eigenvalue weighted by molar-refractivity contribution is -0.126. The van der Waals surface area contributed by atoms with Gasteiger partial charge >= 0.3 is 0 Å². The summed E-state index contributed by atoms with van der Waals surface area (Å²) >= 11 is 0. The lowest BCUT2D eigenvalue weighted by atomic mass is 10.0. The smallest absolute Gasteiger partial charge is 0.227 e. The predicted octanol–water partition coefficient (Wildman–Crippen LogP) is 0.844. The van der Waals surface area contributed by atoms with Gasteiger partial charge in [-0.2, -0.15) is 15.3 Å². The minimum atomic E-state index is -0.395. The molecule has 1 fully saturated rings. The molecular weight excluding hydrogens is 296 g/mol. The van der Waals surface area contributed by atoms with Gasteiger partial charge < -0.3 is 10.2 Å². The van der Waals surface area contributed by atoms with E-state index in [2.05, 4.69) is 31.7 Å². The fourth-order valence-corrected chi connectivity index (χ4v) is 2.72. The van der Waals surface area contributed by atoms with Crippen LogP contribution in [0.2, 0.25) is 0 Å². The molecule has 23 heavy (non-hydrogen) atoms. The third kappa shape index (κ3) is 3.39. The summed E-state index contributed by atoms with van der Waals surface area (Å²) in [6.45, 7) is 0.855. The minimum absolute atomic E-state index is 0.0655. The Bertz CT molecular complexity index is 654. The van der Waals surface area contributed by atoms with E-state index in [1.165, 1.54) is 0 Å². The highest BCUT2D eigenvalue weighted by Gasteiger charge is 2.39. The van der Waals surface area contributed by atoms with Crippen LogP contribution in [0.3, 0.4) is 0 Å². The van der Waals surface area contributed by atoms with Gasteiger partial charge in [0, 0.05) is 45.0 Å². The van der Waals surface area contributed by atoms with E-state index in [-0.39, 0.29) is 24.2 Å². The predicted molar refractivity (Wildman–Crippen MR) is 82.3 cm³/mol. The summed E-state index contributed by atoms with van der Waals surface area (Å²) in [6.07, 6.45) is 10.7. The van der Waals surface area contributed by atoms with Gasteiger partial charge in [-0.05, 0) is 0 Å². The van der Waals surface area contributed by atoms with Gasteiger partial charge in [-0.1, -0.05) is 0 Å². The standard InChI is InChI=1S/C15H18N6O2/c1-2-3-4-15(19-20-15)5-6-16-14(23)11-7-13(22)21(10-11)12-8-17-18-9-12/h1,8-9,11H,3-7,10H2,(H,16,23)(H,17,18). The molecule has 2 N–H and O–H groups in total. The second kappa shape index (κ2) is 6.20. The number of hydrogen-bond acceptors (Lipinski definition) is 5. The molecule has 8 heteroatoms. The maximum absolute atomic E-state index is 12.2. The normalized spacial score (nSPS) is 21.3. The topological polar surface area (TPSA) is 103 Å². The molecule has 8 nitrogen and oxygen atoms in total. The Kier molecular flexibility index (Phi) is 4.10. The number of aromatic amines is 1. The summed E-state index contributed by atoms with van der Waals surface area (Å²) in [6, 6.07) is 0. The zero-order chi connectivity index (χ0) is 16.3. The van der Waals surface area contributed by atoms with Gasteiger partial charge in [-0.25, -0.2) is 0 Å². The van der Waals surface area contributed by atoms with Crippen LogP contribution < -0.4 is 10.2 Å². The Morgan fingerprint density at radius 3 is 3.00 bits per heavy atom. The summed E-state index contributed by atoms with van der Waals surface area (Å²) in [5.74, 6) is 2.05. The second-order valence-electron chi connectivity index (χ2n) is 5.79. The van der Waals surface area contributed by atoms with Gasteiger partial charge in [0.25, 0.3) is 0 Å². The van der Waals surface area contributed by atoms with Gasteiger partial charge in [0.2, 0.25) is 11.8 Å². The van der Waals surface area contributed by atoms with Crippen LogP contribution in [-0.4, -0.2) is 40.8 Å². The number of nitrogens with zero attached hydrogens (tertiary/aromatic N) is 4. The molecule has 1 aromatic rings. The van der Waals surface area contributed by atoms with Crippen molar-refractivity contribution >= 4 is 17.5 Å². The molecule has 120 valence electrons. The van der Waals surface area contributed by atoms with Crippen LogP contribution in [0.4, 0.5) is 5.69 Å². The molecule has 0 saturated carbocycles. The third-order valence-electron chi connectivity index (χ3n) is 4.17. The van der Waals surface area contributed by atoms with Crippen molar-refractivity contribution in [3.8, 4) is 12.3 Å². The van der Waals surface area contributed by atoms with Crippen LogP contribution in [0.25, 0.3) is 0 Å². The fourth-order valence-electron chi connectivity index (χ4n) is 2.72. The number of rotatable bonds is 7. The average Bonchev–Trinajstić information content (AvgIpc) is 2.95. The highest BCUT2D eigenvalue weighted by atomic mass is 16.2. The van der Waals surface area contributed by atoms with Crippen molar-refractivity contribution in [2.45, 2.75) is 31.3 Å². The lowest BCUT2D eigenvalue weighted by Gasteiger charge is -2.14. The Balaban J connectivity index is 1.45. The zero-order valence-corrected chi connectivity index (χ0v) is 12.7. The summed E-state index contributed by atoms with van der Waals surface area (Å²) < 4.78 is 0. The number of H-pyrrole nitrogens is 1. The summed E-state index contributed by atoms with van der Waals surface area (Å²) in [5.41, 5.74) is 0.294. The zero-order valence-electron chi connectivity index (χ0n) is 12.7. The van der Waals surface area contributed by atoms with E-state index in [0.717, 1.165) is 6.42 Å². The van der Waals surface area contributed by atoms with E-state index in [9.17, 15) is 9.59 Å². The van der Waals surface area contributed by atoms with Gasteiger partial charge in [0.1, 0.15) is 0 Å². The van der Waals surface area contributed by atoms with Crippen molar-refractivity contribution < 1.29 is 9.59 Å². The summed E-state index contributed by atoms with van der Waals surface area (Å²) in [4.78, 5) is 25.8. The number of terminal acetylenes is 1. The molecule has 3 heterocycles. The Morgan fingerprint density at radius 2 is 2.35 bits per heavy atom. The Hall–Kier alpha value is -2.69. The largest absolute Gasteiger partial charge is 0.356 e. The van der Waals surface area contributed by atoms with Crippen LogP contribution >= 0.6 is 0 Å². The minimum Gasteiger partial charge on any atom is -0.356 e. The highest BCUT2D eigenvalue weighted by Crippen LogP contribution is 2.36. The summed E-state index contributed by atoms with van der Waals surface area (Å²) in [5, 5.41) is 17.4. The molecule has 0 spiro atoms. The van der Waals surface area contributed by atoms with E-state index in [1.54, 1.807) is 17.3 Å². The van der Waals surface area contributed by atoms with Gasteiger partial charge in [-0.3, -0.25) is 14.7 Å². The quantitative estimate of drug-likeness (QED) is 0.729. The number of anilines is 1. The van der Waals surface area contributed by atoms with Crippen molar-refractivity contribution in [3.63, 3.8) is 0 Å². The van der Waals surface area contributed by atoms with Gasteiger partial charge in [-0.15, -0.1) is 12.3 Å². The van der Waals surface area contributed by atoms with Crippen molar-refractivity contribution in [1.82, 2.24) is 15.5 Å². The van der Waals surface area contributed by atoms with Gasteiger partial charge in [0.15, 0.2) is 5.66 Å². The molecule has 0 bridgehead atoms. The molecule has 2 amide bonds. The first-order chi connectivity index (χ1) is 11.1. The first-order valence-corrected chi connectivity index (χ1v) is 7.58. The molecule has 3 rings (SSSR count). The average molecular weight is 314 g/mol. The first-order valence-electron chi connectivity index (χ1n) is 7.58. The van der Waals surface area contributed by atoms with Crippen molar-refractivity contribution in [2.75, 3.05) is 18.0 Å². The van der Waals surface area contributed by atoms with Crippen LogP contribution in [-0.2, 0) is 9.59 Å². The molecule has 1 saturated heterocycles. The Morgan fingerprint density at radius 1 is 1.52 bits per heavy atom. The van der Waals surface area contributed by atoms with Crippen LogP contribution in [0.15, 0.2) is 22.6 Å². The monoisotopic (exact) mass is 314 g/mol. The highest BCUT2D eigenvalue weighted by molar-refractivity contribution is 6.00. The molecule has 2 aliphatic heterocycles. The number of nitrogens with one attached hydrogen (secondary N) is 2. The van der Waals surface area contributed by atoms with E-state index in [0.29, 0.717) is 31.6 Å².